The highest BCUT2D eigenvalue weighted by atomic mass is 16.6. The summed E-state index contributed by atoms with van der Waals surface area (Å²) in [5, 5.41) is 5.28. The molecular formula is C32H39N5O7. The standard InChI is InChI=1S/C32H39N5O7/c1-32(2,3)44-31(41)34-24(20-43-19-22-12-7-5-8-13-22)28(38)35-26-18-36(21-33-26)27(23-14-9-6-10-15-23)29(39)37-17-11-16-25(37)30(40)42-4/h5-10,12-15,18,21,24-25,27H,11,16-17,19-20H2,1-4H3,(H,34,41)(H,35,38)/t24-,25+,27?/m1/s1. The molecule has 44 heavy (non-hydrogen) atoms. The maximum atomic E-state index is 13.9. The molecule has 0 radical (unpaired) electrons. The van der Waals surface area contributed by atoms with Crippen LogP contribution >= 0.6 is 0 Å². The summed E-state index contributed by atoms with van der Waals surface area (Å²) in [6.45, 7) is 5.69. The average Bonchev–Trinajstić information content (AvgIpc) is 3.67. The number of hydrogen-bond acceptors (Lipinski definition) is 8. The molecule has 3 aromatic rings. The van der Waals surface area contributed by atoms with Crippen LogP contribution in [-0.4, -0.2) is 76.3 Å². The van der Waals surface area contributed by atoms with Crippen molar-refractivity contribution in [1.82, 2.24) is 19.8 Å². The Morgan fingerprint density at radius 1 is 1.02 bits per heavy atom. The molecule has 0 saturated carbocycles. The van der Waals surface area contributed by atoms with Crippen LogP contribution in [-0.2, 0) is 35.2 Å². The van der Waals surface area contributed by atoms with Crippen molar-refractivity contribution < 1.29 is 33.4 Å². The van der Waals surface area contributed by atoms with Crippen LogP contribution in [0.3, 0.4) is 0 Å². The normalized spacial score (nSPS) is 16.1. The molecule has 1 aliphatic rings. The van der Waals surface area contributed by atoms with E-state index in [4.69, 9.17) is 14.2 Å². The minimum absolute atomic E-state index is 0.129. The Labute approximate surface area is 256 Å². The summed E-state index contributed by atoms with van der Waals surface area (Å²) in [7, 11) is 1.31. The zero-order valence-corrected chi connectivity index (χ0v) is 25.4. The lowest BCUT2D eigenvalue weighted by molar-refractivity contribution is -0.151. The first-order chi connectivity index (χ1) is 21.1. The molecule has 1 aliphatic heterocycles. The minimum Gasteiger partial charge on any atom is -0.467 e. The number of esters is 1. The summed E-state index contributed by atoms with van der Waals surface area (Å²) < 4.78 is 17.6. The van der Waals surface area contributed by atoms with Crippen molar-refractivity contribution in [2.75, 3.05) is 25.6 Å². The number of nitrogens with zero attached hydrogens (tertiary/aromatic N) is 3. The van der Waals surface area contributed by atoms with E-state index in [9.17, 15) is 19.2 Å². The molecular weight excluding hydrogens is 566 g/mol. The highest BCUT2D eigenvalue weighted by molar-refractivity contribution is 5.96. The molecule has 1 unspecified atom stereocenters. The lowest BCUT2D eigenvalue weighted by Gasteiger charge is -2.28. The number of nitrogens with one attached hydrogen (secondary N) is 2. The van der Waals surface area contributed by atoms with Crippen molar-refractivity contribution in [3.05, 3.63) is 84.3 Å². The van der Waals surface area contributed by atoms with Crippen LogP contribution in [0.2, 0.25) is 0 Å². The molecule has 3 atom stereocenters. The Balaban J connectivity index is 1.52. The van der Waals surface area contributed by atoms with Gasteiger partial charge in [-0.2, -0.15) is 0 Å². The Morgan fingerprint density at radius 3 is 2.36 bits per heavy atom. The Morgan fingerprint density at radius 2 is 1.70 bits per heavy atom. The van der Waals surface area contributed by atoms with E-state index in [1.54, 1.807) is 25.3 Å². The molecule has 12 nitrogen and oxygen atoms in total. The second kappa shape index (κ2) is 14.6. The molecule has 12 heteroatoms. The number of aromatic nitrogens is 2. The number of imidazole rings is 1. The van der Waals surface area contributed by atoms with Crippen LogP contribution in [0.15, 0.2) is 73.2 Å². The van der Waals surface area contributed by atoms with Gasteiger partial charge in [-0.1, -0.05) is 60.7 Å². The first kappa shape index (κ1) is 32.2. The predicted molar refractivity (Wildman–Crippen MR) is 161 cm³/mol. The number of alkyl carbamates (subject to hydrolysis) is 1. The van der Waals surface area contributed by atoms with Gasteiger partial charge in [0, 0.05) is 12.7 Å². The third kappa shape index (κ3) is 8.66. The molecule has 4 rings (SSSR count). The van der Waals surface area contributed by atoms with E-state index in [1.165, 1.54) is 24.5 Å². The van der Waals surface area contributed by atoms with Gasteiger partial charge in [0.1, 0.15) is 23.7 Å². The topological polar surface area (TPSA) is 141 Å². The smallest absolute Gasteiger partial charge is 0.408 e. The molecule has 2 N–H and O–H groups in total. The van der Waals surface area contributed by atoms with Gasteiger partial charge in [-0.15, -0.1) is 0 Å². The van der Waals surface area contributed by atoms with Crippen LogP contribution < -0.4 is 10.6 Å². The summed E-state index contributed by atoms with van der Waals surface area (Å²) in [5.41, 5.74) is 0.824. The summed E-state index contributed by atoms with van der Waals surface area (Å²) in [6.07, 6.45) is 3.40. The molecule has 0 spiro atoms. The summed E-state index contributed by atoms with van der Waals surface area (Å²) >= 11 is 0. The molecule has 0 aliphatic carbocycles. The van der Waals surface area contributed by atoms with Crippen molar-refractivity contribution in [2.24, 2.45) is 0 Å². The van der Waals surface area contributed by atoms with Crippen molar-refractivity contribution in [3.8, 4) is 0 Å². The number of amides is 3. The Kier molecular flexibility index (Phi) is 10.7. The fourth-order valence-electron chi connectivity index (χ4n) is 4.90. The van der Waals surface area contributed by atoms with E-state index in [2.05, 4.69) is 15.6 Å². The molecule has 2 heterocycles. The Hall–Kier alpha value is -4.71. The van der Waals surface area contributed by atoms with Gasteiger partial charge < -0.3 is 34.3 Å². The SMILES string of the molecule is COC(=O)[C@@H]1CCCN1C(=O)C(c1ccccc1)n1cnc(NC(=O)[C@@H](COCc2ccccc2)NC(=O)OC(C)(C)C)c1. The van der Waals surface area contributed by atoms with Crippen LogP contribution in [0.4, 0.5) is 10.6 Å². The first-order valence-electron chi connectivity index (χ1n) is 14.4. The maximum Gasteiger partial charge on any atom is 0.408 e. The van der Waals surface area contributed by atoms with Gasteiger partial charge in [0.2, 0.25) is 0 Å². The van der Waals surface area contributed by atoms with Gasteiger partial charge >= 0.3 is 12.1 Å². The summed E-state index contributed by atoms with van der Waals surface area (Å²) in [4.78, 5) is 58.0. The maximum absolute atomic E-state index is 13.9. The van der Waals surface area contributed by atoms with Gasteiger partial charge in [0.15, 0.2) is 5.82 Å². The number of benzene rings is 2. The number of likely N-dealkylation sites (tertiary alicyclic amines) is 1. The van der Waals surface area contributed by atoms with Gasteiger partial charge in [0.25, 0.3) is 11.8 Å². The molecule has 0 bridgehead atoms. The first-order valence-corrected chi connectivity index (χ1v) is 14.4. The molecule has 3 amide bonds. The number of hydrogen-bond donors (Lipinski definition) is 2. The zero-order chi connectivity index (χ0) is 31.7. The molecule has 1 saturated heterocycles. The van der Waals surface area contributed by atoms with Crippen molar-refractivity contribution >= 4 is 29.7 Å². The molecule has 234 valence electrons. The van der Waals surface area contributed by atoms with Crippen molar-refractivity contribution in [3.63, 3.8) is 0 Å². The number of rotatable bonds is 11. The van der Waals surface area contributed by atoms with Crippen LogP contribution in [0.25, 0.3) is 0 Å². The van der Waals surface area contributed by atoms with Crippen molar-refractivity contribution in [1.29, 1.82) is 0 Å². The van der Waals surface area contributed by atoms with Crippen LogP contribution in [0.1, 0.15) is 50.8 Å². The Bertz CT molecular complexity index is 1420. The highest BCUT2D eigenvalue weighted by Crippen LogP contribution is 2.28. The van der Waals surface area contributed by atoms with Crippen LogP contribution in [0.5, 0.6) is 0 Å². The third-order valence-electron chi connectivity index (χ3n) is 6.91. The molecule has 1 aromatic heterocycles. The number of anilines is 1. The summed E-state index contributed by atoms with van der Waals surface area (Å²) in [6, 6.07) is 15.9. The fraction of sp³-hybridized carbons (Fsp3) is 0.406. The van der Waals surface area contributed by atoms with Gasteiger partial charge in [-0.05, 0) is 44.7 Å². The van der Waals surface area contributed by atoms with E-state index in [0.717, 1.165) is 5.56 Å². The van der Waals surface area contributed by atoms with E-state index in [0.29, 0.717) is 24.9 Å². The van der Waals surface area contributed by atoms with E-state index < -0.39 is 41.7 Å². The van der Waals surface area contributed by atoms with Crippen LogP contribution in [0, 0.1) is 0 Å². The second-order valence-corrected chi connectivity index (χ2v) is 11.4. The number of carbonyl (C=O) groups excluding carboxylic acids is 4. The molecule has 1 fully saturated rings. The zero-order valence-electron chi connectivity index (χ0n) is 25.4. The van der Waals surface area contributed by atoms with Gasteiger partial charge in [-0.3, -0.25) is 9.59 Å². The van der Waals surface area contributed by atoms with E-state index in [1.807, 2.05) is 60.7 Å². The fourth-order valence-corrected chi connectivity index (χ4v) is 4.90. The highest BCUT2D eigenvalue weighted by Gasteiger charge is 2.39. The number of carbonyl (C=O) groups is 4. The monoisotopic (exact) mass is 605 g/mol. The predicted octanol–water partition coefficient (Wildman–Crippen LogP) is 3.69. The van der Waals surface area contributed by atoms with Gasteiger partial charge in [-0.25, -0.2) is 14.6 Å². The molecule has 2 aromatic carbocycles. The van der Waals surface area contributed by atoms with Crippen molar-refractivity contribution in [2.45, 2.75) is 63.9 Å². The number of ether oxygens (including phenoxy) is 3. The minimum atomic E-state index is -1.10. The quantitative estimate of drug-likeness (QED) is 0.316. The number of methoxy groups -OCH3 is 1. The van der Waals surface area contributed by atoms with E-state index in [-0.39, 0.29) is 24.9 Å². The lowest BCUT2D eigenvalue weighted by Crippen LogP contribution is -2.48. The van der Waals surface area contributed by atoms with E-state index >= 15 is 0 Å². The second-order valence-electron chi connectivity index (χ2n) is 11.4. The third-order valence-corrected chi connectivity index (χ3v) is 6.91. The van der Waals surface area contributed by atoms with Gasteiger partial charge in [0.05, 0.1) is 26.7 Å². The average molecular weight is 606 g/mol. The largest absolute Gasteiger partial charge is 0.467 e. The lowest BCUT2D eigenvalue weighted by atomic mass is 10.0. The summed E-state index contributed by atoms with van der Waals surface area (Å²) in [5.74, 6) is -1.17.